The van der Waals surface area contributed by atoms with E-state index in [1.54, 1.807) is 6.92 Å². The second-order valence-electron chi connectivity index (χ2n) is 4.24. The van der Waals surface area contributed by atoms with E-state index in [-0.39, 0.29) is 11.5 Å². The number of rotatable bonds is 6. The number of ether oxygens (including phenoxy) is 1. The summed E-state index contributed by atoms with van der Waals surface area (Å²) in [6.07, 6.45) is 1.24. The quantitative estimate of drug-likeness (QED) is 0.711. The van der Waals surface area contributed by atoms with Crippen molar-refractivity contribution in [2.75, 3.05) is 11.3 Å². The topological polar surface area (TPSA) is 127 Å². The minimum atomic E-state index is -3.70. The lowest BCUT2D eigenvalue weighted by molar-refractivity contribution is -0.119. The number of nitrogens with zero attached hydrogens (tertiary/aromatic N) is 1. The molecular formula is C12H14N4O4S. The number of hydrogen-bond donors (Lipinski definition) is 3. The highest BCUT2D eigenvalue weighted by Gasteiger charge is 2.18. The number of amides is 1. The smallest absolute Gasteiger partial charge is 0.265 e. The monoisotopic (exact) mass is 310 g/mol. The first kappa shape index (κ1) is 14.9. The van der Waals surface area contributed by atoms with Crippen LogP contribution in [0, 0.1) is 6.92 Å². The van der Waals surface area contributed by atoms with Crippen LogP contribution in [-0.4, -0.2) is 31.1 Å². The second-order valence-corrected chi connectivity index (χ2v) is 5.89. The minimum Gasteiger partial charge on any atom is -0.484 e. The minimum absolute atomic E-state index is 0.0801. The van der Waals surface area contributed by atoms with E-state index >= 15 is 0 Å². The molecule has 0 saturated heterocycles. The van der Waals surface area contributed by atoms with Gasteiger partial charge in [0, 0.05) is 5.69 Å². The SMILES string of the molecule is Cc1[nH]ncc1S(=O)(=O)Nc1ccc(OCC(N)=O)cc1. The molecule has 4 N–H and O–H groups in total. The first-order valence-corrected chi connectivity index (χ1v) is 7.41. The zero-order valence-corrected chi connectivity index (χ0v) is 12.0. The van der Waals surface area contributed by atoms with E-state index < -0.39 is 15.9 Å². The number of aromatic amines is 1. The number of anilines is 1. The molecule has 0 fully saturated rings. The van der Waals surface area contributed by atoms with E-state index in [9.17, 15) is 13.2 Å². The summed E-state index contributed by atoms with van der Waals surface area (Å²) in [6.45, 7) is 1.38. The van der Waals surface area contributed by atoms with Gasteiger partial charge in [-0.25, -0.2) is 8.42 Å². The molecule has 0 saturated carbocycles. The lowest BCUT2D eigenvalue weighted by Crippen LogP contribution is -2.20. The molecule has 0 atom stereocenters. The third kappa shape index (κ3) is 3.72. The van der Waals surface area contributed by atoms with Gasteiger partial charge in [-0.2, -0.15) is 5.10 Å². The van der Waals surface area contributed by atoms with Crippen LogP contribution in [0.5, 0.6) is 5.75 Å². The van der Waals surface area contributed by atoms with Crippen LogP contribution in [0.15, 0.2) is 35.4 Å². The number of carbonyl (C=O) groups excluding carboxylic acids is 1. The number of carbonyl (C=O) groups is 1. The first-order chi connectivity index (χ1) is 9.88. The summed E-state index contributed by atoms with van der Waals surface area (Å²) < 4.78 is 31.7. The van der Waals surface area contributed by atoms with Crippen LogP contribution in [0.1, 0.15) is 5.69 Å². The number of nitrogens with two attached hydrogens (primary N) is 1. The summed E-state index contributed by atoms with van der Waals surface area (Å²) in [5, 5.41) is 6.24. The van der Waals surface area contributed by atoms with E-state index in [0.29, 0.717) is 17.1 Å². The van der Waals surface area contributed by atoms with Crippen LogP contribution in [0.3, 0.4) is 0 Å². The maximum Gasteiger partial charge on any atom is 0.265 e. The van der Waals surface area contributed by atoms with Gasteiger partial charge in [0.05, 0.1) is 11.9 Å². The van der Waals surface area contributed by atoms with E-state index in [4.69, 9.17) is 10.5 Å². The van der Waals surface area contributed by atoms with Gasteiger partial charge in [-0.1, -0.05) is 0 Å². The van der Waals surface area contributed by atoms with Crippen molar-refractivity contribution >= 4 is 21.6 Å². The molecule has 21 heavy (non-hydrogen) atoms. The Balaban J connectivity index is 2.10. The zero-order chi connectivity index (χ0) is 15.5. The van der Waals surface area contributed by atoms with Crippen molar-refractivity contribution in [2.24, 2.45) is 5.73 Å². The normalized spacial score (nSPS) is 11.1. The van der Waals surface area contributed by atoms with Crippen molar-refractivity contribution in [3.63, 3.8) is 0 Å². The Kier molecular flexibility index (Phi) is 4.13. The Bertz CT molecular complexity index is 737. The van der Waals surface area contributed by atoms with Gasteiger partial charge < -0.3 is 10.5 Å². The molecule has 0 unspecified atom stereocenters. The average Bonchev–Trinajstić information content (AvgIpc) is 2.84. The number of nitrogens with one attached hydrogen (secondary N) is 2. The highest BCUT2D eigenvalue weighted by molar-refractivity contribution is 7.92. The number of aryl methyl sites for hydroxylation is 1. The van der Waals surface area contributed by atoms with Gasteiger partial charge in [0.15, 0.2) is 6.61 Å². The van der Waals surface area contributed by atoms with Gasteiger partial charge in [-0.05, 0) is 31.2 Å². The Labute approximate surface area is 121 Å². The molecule has 0 bridgehead atoms. The lowest BCUT2D eigenvalue weighted by Gasteiger charge is -2.08. The fourth-order valence-corrected chi connectivity index (χ4v) is 2.79. The summed E-state index contributed by atoms with van der Waals surface area (Å²) in [4.78, 5) is 10.7. The van der Waals surface area contributed by atoms with Gasteiger partial charge in [0.25, 0.3) is 15.9 Å². The summed E-state index contributed by atoms with van der Waals surface area (Å²) >= 11 is 0. The number of sulfonamides is 1. The summed E-state index contributed by atoms with van der Waals surface area (Å²) in [5.74, 6) is -0.175. The summed E-state index contributed by atoms with van der Waals surface area (Å²) in [6, 6.07) is 6.10. The van der Waals surface area contributed by atoms with E-state index in [0.717, 1.165) is 0 Å². The molecular weight excluding hydrogens is 296 g/mol. The largest absolute Gasteiger partial charge is 0.484 e. The van der Waals surface area contributed by atoms with E-state index in [1.807, 2.05) is 0 Å². The highest BCUT2D eigenvalue weighted by Crippen LogP contribution is 2.20. The number of hydrogen-bond acceptors (Lipinski definition) is 5. The molecule has 1 heterocycles. The molecule has 112 valence electrons. The standard InChI is InChI=1S/C12H14N4O4S/c1-8-11(6-14-15-8)21(18,19)16-9-2-4-10(5-3-9)20-7-12(13)17/h2-6,16H,7H2,1H3,(H2,13,17)(H,14,15). The van der Waals surface area contributed by atoms with Gasteiger partial charge >= 0.3 is 0 Å². The Hall–Kier alpha value is -2.55. The Morgan fingerprint density at radius 2 is 2.05 bits per heavy atom. The van der Waals surface area contributed by atoms with Crippen molar-refractivity contribution < 1.29 is 17.9 Å². The van der Waals surface area contributed by atoms with Gasteiger partial charge in [0.1, 0.15) is 10.6 Å². The molecule has 1 aromatic carbocycles. The van der Waals surface area contributed by atoms with Crippen molar-refractivity contribution in [3.8, 4) is 5.75 Å². The van der Waals surface area contributed by atoms with Crippen LogP contribution >= 0.6 is 0 Å². The number of primary amides is 1. The molecule has 9 heteroatoms. The molecule has 1 amide bonds. The second kappa shape index (κ2) is 5.83. The summed E-state index contributed by atoms with van der Waals surface area (Å²) in [5.41, 5.74) is 5.77. The Morgan fingerprint density at radius 1 is 1.38 bits per heavy atom. The first-order valence-electron chi connectivity index (χ1n) is 5.92. The molecule has 2 aromatic rings. The van der Waals surface area contributed by atoms with Crippen LogP contribution in [0.4, 0.5) is 5.69 Å². The number of aromatic nitrogens is 2. The van der Waals surface area contributed by atoms with Crippen molar-refractivity contribution in [2.45, 2.75) is 11.8 Å². The molecule has 0 aliphatic carbocycles. The summed E-state index contributed by atoms with van der Waals surface area (Å²) in [7, 11) is -3.70. The maximum atomic E-state index is 12.1. The van der Waals surface area contributed by atoms with Crippen molar-refractivity contribution in [3.05, 3.63) is 36.2 Å². The van der Waals surface area contributed by atoms with E-state index in [1.165, 1.54) is 30.5 Å². The van der Waals surface area contributed by atoms with Crippen LogP contribution < -0.4 is 15.2 Å². The van der Waals surface area contributed by atoms with Gasteiger partial charge in [0.2, 0.25) is 0 Å². The van der Waals surface area contributed by atoms with Crippen LogP contribution in [0.2, 0.25) is 0 Å². The van der Waals surface area contributed by atoms with E-state index in [2.05, 4.69) is 14.9 Å². The number of H-pyrrole nitrogens is 1. The van der Waals surface area contributed by atoms with Gasteiger partial charge in [-0.15, -0.1) is 0 Å². The maximum absolute atomic E-state index is 12.1. The van der Waals surface area contributed by atoms with Crippen LogP contribution in [-0.2, 0) is 14.8 Å². The van der Waals surface area contributed by atoms with Crippen LogP contribution in [0.25, 0.3) is 0 Å². The Morgan fingerprint density at radius 3 is 2.57 bits per heavy atom. The van der Waals surface area contributed by atoms with Crippen molar-refractivity contribution in [1.29, 1.82) is 0 Å². The molecule has 0 spiro atoms. The number of benzene rings is 1. The lowest BCUT2D eigenvalue weighted by atomic mass is 10.3. The zero-order valence-electron chi connectivity index (χ0n) is 11.2. The average molecular weight is 310 g/mol. The molecule has 0 aliphatic rings. The predicted octanol–water partition coefficient (Wildman–Crippen LogP) is 0.383. The fourth-order valence-electron chi connectivity index (χ4n) is 1.59. The van der Waals surface area contributed by atoms with Gasteiger partial charge in [-0.3, -0.25) is 14.6 Å². The molecule has 2 rings (SSSR count). The molecule has 0 radical (unpaired) electrons. The highest BCUT2D eigenvalue weighted by atomic mass is 32.2. The molecule has 0 aliphatic heterocycles. The molecule has 1 aromatic heterocycles. The molecule has 8 nitrogen and oxygen atoms in total. The van der Waals surface area contributed by atoms with Crippen molar-refractivity contribution in [1.82, 2.24) is 10.2 Å². The third-order valence-corrected chi connectivity index (χ3v) is 4.06. The third-order valence-electron chi connectivity index (χ3n) is 2.56. The fraction of sp³-hybridized carbons (Fsp3) is 0.167. The predicted molar refractivity (Wildman–Crippen MR) is 75.3 cm³/mol.